The van der Waals surface area contributed by atoms with Gasteiger partial charge in [-0.25, -0.2) is 14.0 Å². The molecule has 0 aliphatic rings. The Bertz CT molecular complexity index is 3400. The summed E-state index contributed by atoms with van der Waals surface area (Å²) in [5, 5.41) is 58.7. The van der Waals surface area contributed by atoms with E-state index in [1.165, 1.54) is 306 Å². The first-order valence-corrected chi connectivity index (χ1v) is 57.3. The highest BCUT2D eigenvalue weighted by Gasteiger charge is 2.13. The van der Waals surface area contributed by atoms with Gasteiger partial charge < -0.3 is 0 Å². The number of rotatable bonds is 73. The molecule has 136 heavy (non-hydrogen) atoms. The average molecular weight is 1900 g/mol. The lowest BCUT2D eigenvalue weighted by Crippen LogP contribution is -2.06. The van der Waals surface area contributed by atoms with Gasteiger partial charge in [0.05, 0.1) is 58.4 Å². The Morgan fingerprint density at radius 2 is 0.346 bits per heavy atom. The zero-order valence-corrected chi connectivity index (χ0v) is 94.7. The van der Waals surface area contributed by atoms with Crippen LogP contribution < -0.4 is 0 Å². The minimum absolute atomic E-state index is 0.730. The molecule has 0 aliphatic carbocycles. The number of aryl methyl sites for hydroxylation is 14. The van der Waals surface area contributed by atoms with Gasteiger partial charge in [-0.2, -0.15) is 0 Å². The van der Waals surface area contributed by atoms with Crippen LogP contribution >= 0.6 is 0 Å². The standard InChI is InChI=1S/3C17H33N3.4C16H31N3/c1-15(2)10-6-5-9-13-20-17(14-18-19-20)12-8-7-11-16(3)4;1-15(2)10-6-5-7-12-17-14-18-19-20(17)13-9-8-11-16(3)4;1-15(2)10-8-6-5-7-9-13-20-17(14-18-19-20)12-11-16(3)4;2*1-14(2)9-5-6-11-16-13-19(18-17-16)12-8-7-10-15(3)4;1-14(2)9-7-5-6-8-12-19-13-16(17-18-19)11-10-15(3)4;1-14(2)9-7-5-6-8-10-16-13-19(18-17-16)12-11-15(3)4/h3*14-16H,5-13H2,1-4H3;4*13-15H,5-12H2,1-4H3. The van der Waals surface area contributed by atoms with Gasteiger partial charge in [-0.05, 0) is 218 Å². The summed E-state index contributed by atoms with van der Waals surface area (Å²) in [6.07, 6.45) is 80.7. The largest absolute Gasteiger partial charge is 0.252 e. The number of hydrogen-bond donors (Lipinski definition) is 0. The van der Waals surface area contributed by atoms with Crippen LogP contribution in [0.4, 0.5) is 0 Å². The van der Waals surface area contributed by atoms with E-state index in [-0.39, 0.29) is 0 Å². The summed E-state index contributed by atoms with van der Waals surface area (Å²) >= 11 is 0. The third kappa shape index (κ3) is 79.6. The van der Waals surface area contributed by atoms with Gasteiger partial charge in [0.2, 0.25) is 0 Å². The Morgan fingerprint density at radius 3 is 0.647 bits per heavy atom. The van der Waals surface area contributed by atoms with E-state index in [0.29, 0.717) is 0 Å². The number of nitrogens with zero attached hydrogens (tertiary/aromatic N) is 21. The maximum Gasteiger partial charge on any atom is 0.0827 e. The molecule has 0 amide bonds. The minimum atomic E-state index is 0.730. The zero-order chi connectivity index (χ0) is 101. The lowest BCUT2D eigenvalue weighted by atomic mass is 10.0. The Balaban J connectivity index is 0.000000793. The van der Waals surface area contributed by atoms with Crippen molar-refractivity contribution in [1.82, 2.24) is 105 Å². The first kappa shape index (κ1) is 128. The molecule has 7 aromatic heterocycles. The SMILES string of the molecule is CC(C)CCCCCCCn1nncc1CCC(C)C.CC(C)CCCCCCc1cn(CCC(C)C)nn1.CC(C)CCCCCCn1cc(CCC(C)C)nn1.CC(C)CCCCCc1cnnn1CCCCC(C)C.CC(C)CCCCCn1nncc1CCCCC(C)C.CC(C)CCCCc1cn(CCCCC(C)C)nn1.CC(C)CCCCc1cn(CCCCC(C)C)nn1. The molecule has 0 aliphatic heterocycles. The van der Waals surface area contributed by atoms with Crippen LogP contribution in [0.3, 0.4) is 0 Å². The van der Waals surface area contributed by atoms with Gasteiger partial charge in [-0.15, -0.1) is 35.7 Å². The van der Waals surface area contributed by atoms with Crippen molar-refractivity contribution in [3.8, 4) is 0 Å². The van der Waals surface area contributed by atoms with E-state index in [2.05, 4.69) is 305 Å². The molecule has 0 atom stereocenters. The van der Waals surface area contributed by atoms with Crippen molar-refractivity contribution in [2.24, 2.45) is 82.9 Å². The van der Waals surface area contributed by atoms with Crippen LogP contribution in [0.2, 0.25) is 0 Å². The quantitative estimate of drug-likeness (QED) is 0.0324. The summed E-state index contributed by atoms with van der Waals surface area (Å²) in [6.45, 7) is 71.2. The Hall–Kier alpha value is -6.02. The second-order valence-corrected chi connectivity index (χ2v) is 46.5. The van der Waals surface area contributed by atoms with Crippen LogP contribution in [0.1, 0.15) is 523 Å². The molecule has 0 bridgehead atoms. The van der Waals surface area contributed by atoms with Crippen molar-refractivity contribution >= 4 is 0 Å². The van der Waals surface area contributed by atoms with E-state index in [4.69, 9.17) is 0 Å². The molecule has 0 radical (unpaired) electrons. The van der Waals surface area contributed by atoms with E-state index in [1.807, 2.05) is 37.3 Å². The maximum atomic E-state index is 4.26. The Morgan fingerprint density at radius 1 is 0.162 bits per heavy atom. The molecule has 7 rings (SSSR count). The van der Waals surface area contributed by atoms with Gasteiger partial charge in [-0.1, -0.05) is 429 Å². The summed E-state index contributed by atoms with van der Waals surface area (Å²) in [4.78, 5) is 0. The van der Waals surface area contributed by atoms with E-state index in [9.17, 15) is 0 Å². The molecular weight excluding hydrogens is 1680 g/mol. The highest BCUT2D eigenvalue weighted by atomic mass is 15.5. The lowest BCUT2D eigenvalue weighted by molar-refractivity contribution is 0.472. The predicted molar refractivity (Wildman–Crippen MR) is 582 cm³/mol. The highest BCUT2D eigenvalue weighted by molar-refractivity contribution is 4.98. The molecule has 7 aromatic rings. The molecule has 21 nitrogen and oxygen atoms in total. The molecular formula is C115H223N21. The van der Waals surface area contributed by atoms with Crippen LogP contribution in [0.15, 0.2) is 43.4 Å². The van der Waals surface area contributed by atoms with Gasteiger partial charge in [0.15, 0.2) is 0 Å². The van der Waals surface area contributed by atoms with Crippen molar-refractivity contribution in [3.63, 3.8) is 0 Å². The zero-order valence-electron chi connectivity index (χ0n) is 94.7. The second-order valence-electron chi connectivity index (χ2n) is 46.5. The molecule has 0 saturated heterocycles. The third-order valence-electron chi connectivity index (χ3n) is 25.4. The first-order chi connectivity index (χ1) is 65.1. The summed E-state index contributed by atoms with van der Waals surface area (Å²) in [6, 6.07) is 0. The molecule has 0 fully saturated rings. The topological polar surface area (TPSA) is 215 Å². The Labute approximate surface area is 839 Å². The molecule has 788 valence electrons. The normalized spacial score (nSPS) is 11.7. The Kier molecular flexibility index (Phi) is 79.7. The number of hydrogen-bond acceptors (Lipinski definition) is 14. The molecule has 0 saturated carbocycles. The monoisotopic (exact) mass is 1900 g/mol. The van der Waals surface area contributed by atoms with Crippen molar-refractivity contribution < 1.29 is 0 Å². The molecule has 0 spiro atoms. The van der Waals surface area contributed by atoms with E-state index in [0.717, 1.165) is 196 Å². The molecule has 7 heterocycles. The molecule has 21 heteroatoms. The fourth-order valence-corrected chi connectivity index (χ4v) is 16.3. The summed E-state index contributed by atoms with van der Waals surface area (Å²) < 4.78 is 14.4. The van der Waals surface area contributed by atoms with Crippen LogP contribution in [-0.4, -0.2) is 105 Å². The van der Waals surface area contributed by atoms with Crippen LogP contribution in [0.25, 0.3) is 0 Å². The van der Waals surface area contributed by atoms with Crippen molar-refractivity contribution in [2.75, 3.05) is 0 Å². The summed E-state index contributed by atoms with van der Waals surface area (Å²) in [5.74, 6) is 11.3. The molecule has 0 unspecified atom stereocenters. The van der Waals surface area contributed by atoms with Gasteiger partial charge in [0.1, 0.15) is 0 Å². The third-order valence-corrected chi connectivity index (χ3v) is 25.4. The lowest BCUT2D eigenvalue weighted by Gasteiger charge is -2.08. The first-order valence-electron chi connectivity index (χ1n) is 57.3. The fourth-order valence-electron chi connectivity index (χ4n) is 16.3. The smallest absolute Gasteiger partial charge is 0.0827 e. The molecule has 0 aromatic carbocycles. The number of unbranched alkanes of at least 4 members (excludes halogenated alkanes) is 20. The van der Waals surface area contributed by atoms with Crippen molar-refractivity contribution in [3.05, 3.63) is 83.2 Å². The predicted octanol–water partition coefficient (Wildman–Crippen LogP) is 32.5. The van der Waals surface area contributed by atoms with Crippen LogP contribution in [-0.2, 0) is 90.8 Å². The number of aromatic nitrogens is 21. The van der Waals surface area contributed by atoms with Gasteiger partial charge in [-0.3, -0.25) is 18.7 Å². The molecule has 0 N–H and O–H groups in total. The van der Waals surface area contributed by atoms with Gasteiger partial charge in [0, 0.05) is 70.6 Å². The van der Waals surface area contributed by atoms with Gasteiger partial charge in [0.25, 0.3) is 0 Å². The van der Waals surface area contributed by atoms with Crippen molar-refractivity contribution in [2.45, 2.75) is 574 Å². The van der Waals surface area contributed by atoms with Crippen molar-refractivity contribution in [1.29, 1.82) is 0 Å². The summed E-state index contributed by atoms with van der Waals surface area (Å²) in [7, 11) is 0. The minimum Gasteiger partial charge on any atom is -0.252 e. The van der Waals surface area contributed by atoms with E-state index >= 15 is 0 Å². The average Bonchev–Trinajstić information content (AvgIpc) is 2.06. The maximum absolute atomic E-state index is 4.26. The highest BCUT2D eigenvalue weighted by Crippen LogP contribution is 2.22. The van der Waals surface area contributed by atoms with Crippen LogP contribution in [0.5, 0.6) is 0 Å². The second kappa shape index (κ2) is 84.6. The van der Waals surface area contributed by atoms with E-state index < -0.39 is 0 Å². The van der Waals surface area contributed by atoms with Crippen LogP contribution in [0, 0.1) is 82.9 Å². The van der Waals surface area contributed by atoms with Gasteiger partial charge >= 0.3 is 0 Å². The fraction of sp³-hybridized carbons (Fsp3) is 0.878. The van der Waals surface area contributed by atoms with E-state index in [1.54, 1.807) is 0 Å². The summed E-state index contributed by atoms with van der Waals surface area (Å²) in [5.41, 5.74) is 8.57.